The van der Waals surface area contributed by atoms with E-state index in [2.05, 4.69) is 22.9 Å². The fraction of sp³-hybridized carbons (Fsp3) is 0.538. The van der Waals surface area contributed by atoms with Gasteiger partial charge < -0.3 is 10.6 Å². The summed E-state index contributed by atoms with van der Waals surface area (Å²) in [6.07, 6.45) is 4.11. The highest BCUT2D eigenvalue weighted by atomic mass is 15.2. The molecule has 0 amide bonds. The summed E-state index contributed by atoms with van der Waals surface area (Å²) in [6.45, 7) is 3.92. The number of hydrogen-bond acceptors (Lipinski definition) is 4. The second-order valence-electron chi connectivity index (χ2n) is 4.63. The van der Waals surface area contributed by atoms with E-state index in [1.165, 1.54) is 12.8 Å². The Labute approximate surface area is 102 Å². The van der Waals surface area contributed by atoms with E-state index in [9.17, 15) is 0 Å². The molecule has 1 fully saturated rings. The first kappa shape index (κ1) is 11.9. The van der Waals surface area contributed by atoms with Gasteiger partial charge in [0, 0.05) is 31.0 Å². The van der Waals surface area contributed by atoms with E-state index in [4.69, 9.17) is 11.0 Å². The Hall–Kier alpha value is -1.60. The number of hydrogen-bond donors (Lipinski definition) is 1. The van der Waals surface area contributed by atoms with E-state index in [0.29, 0.717) is 24.2 Å². The first-order valence-electron chi connectivity index (χ1n) is 6.09. The van der Waals surface area contributed by atoms with Crippen LogP contribution in [-0.4, -0.2) is 24.1 Å². The summed E-state index contributed by atoms with van der Waals surface area (Å²) >= 11 is 0. The average molecular weight is 230 g/mol. The Balaban J connectivity index is 2.27. The molecule has 0 aromatic carbocycles. The zero-order valence-corrected chi connectivity index (χ0v) is 10.1. The number of nitrogens with two attached hydrogens (primary N) is 1. The molecule has 1 aliphatic heterocycles. The predicted octanol–water partition coefficient (Wildman–Crippen LogP) is 1.52. The molecule has 90 valence electrons. The van der Waals surface area contributed by atoms with E-state index in [1.807, 2.05) is 12.1 Å². The SMILES string of the molecule is CC1CCCN(c2ccnc(C#N)c2)C1CN. The van der Waals surface area contributed by atoms with E-state index >= 15 is 0 Å². The molecule has 0 saturated carbocycles. The molecule has 2 rings (SSSR count). The maximum atomic E-state index is 8.88. The first-order chi connectivity index (χ1) is 8.26. The van der Waals surface area contributed by atoms with Crippen LogP contribution in [0.4, 0.5) is 5.69 Å². The molecular weight excluding hydrogens is 212 g/mol. The van der Waals surface area contributed by atoms with Gasteiger partial charge in [-0.1, -0.05) is 6.92 Å². The Morgan fingerprint density at radius 2 is 2.47 bits per heavy atom. The van der Waals surface area contributed by atoms with Crippen LogP contribution in [-0.2, 0) is 0 Å². The van der Waals surface area contributed by atoms with Gasteiger partial charge in [-0.15, -0.1) is 0 Å². The third kappa shape index (κ3) is 2.40. The molecule has 1 aromatic heterocycles. The highest BCUT2D eigenvalue weighted by molar-refractivity contribution is 5.50. The number of anilines is 1. The molecule has 2 atom stereocenters. The summed E-state index contributed by atoms with van der Waals surface area (Å²) in [6, 6.07) is 6.26. The van der Waals surface area contributed by atoms with Crippen LogP contribution >= 0.6 is 0 Å². The molecule has 2 unspecified atom stereocenters. The van der Waals surface area contributed by atoms with Crippen LogP contribution in [0.3, 0.4) is 0 Å². The second kappa shape index (κ2) is 5.15. The lowest BCUT2D eigenvalue weighted by Crippen LogP contribution is -2.48. The summed E-state index contributed by atoms with van der Waals surface area (Å²) in [5.41, 5.74) is 7.41. The Morgan fingerprint density at radius 1 is 1.65 bits per heavy atom. The molecule has 0 radical (unpaired) electrons. The Morgan fingerprint density at radius 3 is 3.18 bits per heavy atom. The van der Waals surface area contributed by atoms with Crippen LogP contribution in [0.5, 0.6) is 0 Å². The number of nitriles is 1. The standard InChI is InChI=1S/C13H18N4/c1-10-3-2-6-17(13(10)9-15)12-4-5-16-11(7-12)8-14/h4-5,7,10,13H,2-3,6,9,15H2,1H3. The molecule has 1 aromatic rings. The fourth-order valence-corrected chi connectivity index (χ4v) is 2.59. The quantitative estimate of drug-likeness (QED) is 0.836. The average Bonchev–Trinajstić information content (AvgIpc) is 2.38. The lowest BCUT2D eigenvalue weighted by atomic mass is 9.90. The van der Waals surface area contributed by atoms with Gasteiger partial charge in [0.05, 0.1) is 0 Å². The van der Waals surface area contributed by atoms with Crippen molar-refractivity contribution >= 4 is 5.69 Å². The number of nitrogens with zero attached hydrogens (tertiary/aromatic N) is 3. The van der Waals surface area contributed by atoms with Crippen LogP contribution in [0.25, 0.3) is 0 Å². The van der Waals surface area contributed by atoms with Crippen molar-refractivity contribution in [2.75, 3.05) is 18.0 Å². The van der Waals surface area contributed by atoms with Crippen LogP contribution in [0, 0.1) is 17.2 Å². The maximum Gasteiger partial charge on any atom is 0.142 e. The molecule has 17 heavy (non-hydrogen) atoms. The van der Waals surface area contributed by atoms with Crippen molar-refractivity contribution in [3.63, 3.8) is 0 Å². The van der Waals surface area contributed by atoms with Gasteiger partial charge in [-0.3, -0.25) is 0 Å². The number of rotatable bonds is 2. The smallest absolute Gasteiger partial charge is 0.142 e. The van der Waals surface area contributed by atoms with Gasteiger partial charge in [0.25, 0.3) is 0 Å². The molecule has 0 spiro atoms. The van der Waals surface area contributed by atoms with Crippen molar-refractivity contribution in [1.82, 2.24) is 4.98 Å². The third-order valence-corrected chi connectivity index (χ3v) is 3.55. The molecule has 0 aliphatic carbocycles. The highest BCUT2D eigenvalue weighted by Gasteiger charge is 2.27. The van der Waals surface area contributed by atoms with Crippen LogP contribution in [0.2, 0.25) is 0 Å². The summed E-state index contributed by atoms with van der Waals surface area (Å²) < 4.78 is 0. The normalized spacial score (nSPS) is 24.4. The van der Waals surface area contributed by atoms with Crippen molar-refractivity contribution in [3.05, 3.63) is 24.0 Å². The van der Waals surface area contributed by atoms with Crippen molar-refractivity contribution < 1.29 is 0 Å². The van der Waals surface area contributed by atoms with Crippen LogP contribution in [0.15, 0.2) is 18.3 Å². The topological polar surface area (TPSA) is 65.9 Å². The van der Waals surface area contributed by atoms with Gasteiger partial charge in [-0.2, -0.15) is 5.26 Å². The highest BCUT2D eigenvalue weighted by Crippen LogP contribution is 2.28. The van der Waals surface area contributed by atoms with Crippen molar-refractivity contribution in [1.29, 1.82) is 5.26 Å². The predicted molar refractivity (Wildman–Crippen MR) is 67.5 cm³/mol. The van der Waals surface area contributed by atoms with Crippen LogP contribution < -0.4 is 10.6 Å². The molecule has 4 nitrogen and oxygen atoms in total. The lowest BCUT2D eigenvalue weighted by Gasteiger charge is -2.41. The van der Waals surface area contributed by atoms with Gasteiger partial charge in [-0.25, -0.2) is 4.98 Å². The third-order valence-electron chi connectivity index (χ3n) is 3.55. The van der Waals surface area contributed by atoms with Crippen molar-refractivity contribution in [2.45, 2.75) is 25.8 Å². The van der Waals surface area contributed by atoms with Crippen LogP contribution in [0.1, 0.15) is 25.5 Å². The summed E-state index contributed by atoms with van der Waals surface area (Å²) in [4.78, 5) is 6.32. The van der Waals surface area contributed by atoms with Gasteiger partial charge in [-0.05, 0) is 30.9 Å². The maximum absolute atomic E-state index is 8.88. The molecular formula is C13H18N4. The lowest BCUT2D eigenvalue weighted by molar-refractivity contribution is 0.350. The van der Waals surface area contributed by atoms with E-state index in [-0.39, 0.29) is 0 Å². The summed E-state index contributed by atoms with van der Waals surface area (Å²) in [7, 11) is 0. The number of aromatic nitrogens is 1. The molecule has 4 heteroatoms. The van der Waals surface area contributed by atoms with Gasteiger partial charge in [0.2, 0.25) is 0 Å². The van der Waals surface area contributed by atoms with E-state index in [0.717, 1.165) is 12.2 Å². The molecule has 1 saturated heterocycles. The Kier molecular flexibility index (Phi) is 3.60. The largest absolute Gasteiger partial charge is 0.367 e. The first-order valence-corrected chi connectivity index (χ1v) is 6.09. The summed E-state index contributed by atoms with van der Waals surface area (Å²) in [5.74, 6) is 0.604. The van der Waals surface area contributed by atoms with Crippen molar-refractivity contribution in [2.24, 2.45) is 11.7 Å². The van der Waals surface area contributed by atoms with E-state index in [1.54, 1.807) is 6.20 Å². The molecule has 2 heterocycles. The number of pyridine rings is 1. The van der Waals surface area contributed by atoms with Gasteiger partial charge >= 0.3 is 0 Å². The minimum absolute atomic E-state index is 0.373. The Bertz CT molecular complexity index is 424. The summed E-state index contributed by atoms with van der Waals surface area (Å²) in [5, 5.41) is 8.88. The zero-order chi connectivity index (χ0) is 12.3. The van der Waals surface area contributed by atoms with Crippen molar-refractivity contribution in [3.8, 4) is 6.07 Å². The van der Waals surface area contributed by atoms with Gasteiger partial charge in [0.1, 0.15) is 11.8 Å². The zero-order valence-electron chi connectivity index (χ0n) is 10.1. The minimum atomic E-state index is 0.373. The van der Waals surface area contributed by atoms with Gasteiger partial charge in [0.15, 0.2) is 0 Å². The minimum Gasteiger partial charge on any atom is -0.367 e. The molecule has 1 aliphatic rings. The second-order valence-corrected chi connectivity index (χ2v) is 4.63. The number of piperidine rings is 1. The molecule has 0 bridgehead atoms. The fourth-order valence-electron chi connectivity index (χ4n) is 2.59. The molecule has 2 N–H and O–H groups in total. The van der Waals surface area contributed by atoms with E-state index < -0.39 is 0 Å². The monoisotopic (exact) mass is 230 g/mol.